The van der Waals surface area contributed by atoms with E-state index in [-0.39, 0.29) is 5.60 Å². The smallest absolute Gasteiger partial charge is 0.139 e. The summed E-state index contributed by atoms with van der Waals surface area (Å²) >= 11 is 6.32. The summed E-state index contributed by atoms with van der Waals surface area (Å²) in [4.78, 5) is 6.83. The largest absolute Gasteiger partial charge is 0.372 e. The average Bonchev–Trinajstić information content (AvgIpc) is 2.47. The van der Waals surface area contributed by atoms with Crippen LogP contribution in [0.2, 0.25) is 5.15 Å². The van der Waals surface area contributed by atoms with Crippen LogP contribution in [0, 0.1) is 0 Å². The Morgan fingerprint density at radius 3 is 3.00 bits per heavy atom. The van der Waals surface area contributed by atoms with Crippen molar-refractivity contribution in [3.8, 4) is 0 Å². The fraction of sp³-hybridized carbons (Fsp3) is 0.438. The van der Waals surface area contributed by atoms with Crippen molar-refractivity contribution >= 4 is 28.2 Å². The highest BCUT2D eigenvalue weighted by Crippen LogP contribution is 2.29. The summed E-state index contributed by atoms with van der Waals surface area (Å²) in [5.41, 5.74) is -0.0992. The van der Waals surface area contributed by atoms with Crippen molar-refractivity contribution in [2.75, 3.05) is 24.6 Å². The molecule has 1 aromatic heterocycles. The van der Waals surface area contributed by atoms with Gasteiger partial charge in [-0.25, -0.2) is 4.98 Å². The van der Waals surface area contributed by atoms with E-state index in [1.54, 1.807) is 0 Å². The molecule has 1 saturated heterocycles. The van der Waals surface area contributed by atoms with Gasteiger partial charge >= 0.3 is 0 Å². The number of fused-ring (bicyclic) bond motifs is 1. The zero-order valence-corrected chi connectivity index (χ0v) is 12.7. The molecule has 0 spiro atoms. The number of hydrogen-bond acceptors (Lipinski definition) is 3. The molecule has 0 amide bonds. The Bertz CT molecular complexity index is 631. The first-order valence-corrected chi connectivity index (χ1v) is 7.43. The van der Waals surface area contributed by atoms with Gasteiger partial charge in [0.1, 0.15) is 11.0 Å². The van der Waals surface area contributed by atoms with Gasteiger partial charge in [-0.15, -0.1) is 0 Å². The fourth-order valence-electron chi connectivity index (χ4n) is 2.64. The lowest BCUT2D eigenvalue weighted by Gasteiger charge is -2.40. The first kappa shape index (κ1) is 13.7. The Hall–Kier alpha value is -1.32. The monoisotopic (exact) mass is 290 g/mol. The predicted octanol–water partition coefficient (Wildman–Crippen LogP) is 3.89. The molecule has 0 saturated carbocycles. The normalized spacial score (nSPS) is 23.2. The summed E-state index contributed by atoms with van der Waals surface area (Å²) in [5, 5.41) is 2.71. The van der Waals surface area contributed by atoms with Crippen molar-refractivity contribution in [2.45, 2.75) is 25.9 Å². The molecule has 106 valence electrons. The molecule has 3 rings (SSSR count). The molecule has 1 aliphatic rings. The highest BCUT2D eigenvalue weighted by atomic mass is 35.5. The van der Waals surface area contributed by atoms with Gasteiger partial charge in [0.05, 0.1) is 12.2 Å². The highest BCUT2D eigenvalue weighted by molar-refractivity contribution is 6.34. The van der Waals surface area contributed by atoms with Crippen LogP contribution < -0.4 is 4.90 Å². The molecule has 0 N–H and O–H groups in total. The molecule has 1 unspecified atom stereocenters. The molecule has 20 heavy (non-hydrogen) atoms. The van der Waals surface area contributed by atoms with Gasteiger partial charge in [-0.1, -0.05) is 42.8 Å². The molecule has 3 nitrogen and oxygen atoms in total. The summed E-state index contributed by atoms with van der Waals surface area (Å²) < 4.78 is 5.88. The molecule has 1 atom stereocenters. The third-order valence-corrected chi connectivity index (χ3v) is 4.38. The zero-order valence-electron chi connectivity index (χ0n) is 11.9. The van der Waals surface area contributed by atoms with E-state index in [0.717, 1.165) is 42.7 Å². The summed E-state index contributed by atoms with van der Waals surface area (Å²) in [7, 11) is 0. The van der Waals surface area contributed by atoms with Crippen molar-refractivity contribution in [3.63, 3.8) is 0 Å². The molecular weight excluding hydrogens is 272 g/mol. The number of morpholine rings is 1. The number of rotatable bonds is 2. The maximum Gasteiger partial charge on any atom is 0.139 e. The van der Waals surface area contributed by atoms with Gasteiger partial charge in [0.15, 0.2) is 0 Å². The quantitative estimate of drug-likeness (QED) is 0.785. The third kappa shape index (κ3) is 2.48. The van der Waals surface area contributed by atoms with Gasteiger partial charge in [-0.2, -0.15) is 0 Å². The van der Waals surface area contributed by atoms with Crippen molar-refractivity contribution in [1.82, 2.24) is 4.98 Å². The molecule has 1 aromatic carbocycles. The minimum Gasteiger partial charge on any atom is -0.372 e. The van der Waals surface area contributed by atoms with Crippen molar-refractivity contribution in [3.05, 3.63) is 35.5 Å². The predicted molar refractivity (Wildman–Crippen MR) is 83.6 cm³/mol. The minimum atomic E-state index is -0.0992. The molecule has 0 bridgehead atoms. The first-order valence-electron chi connectivity index (χ1n) is 7.05. The number of nitrogens with zero attached hydrogens (tertiary/aromatic N) is 2. The molecule has 2 heterocycles. The summed E-state index contributed by atoms with van der Waals surface area (Å²) in [6.07, 6.45) is 0.991. The lowest BCUT2D eigenvalue weighted by molar-refractivity contribution is -0.0443. The summed E-state index contributed by atoms with van der Waals surface area (Å²) in [6.45, 7) is 6.75. The number of hydrogen-bond donors (Lipinski definition) is 0. The van der Waals surface area contributed by atoms with Gasteiger partial charge in [0.25, 0.3) is 0 Å². The molecule has 4 heteroatoms. The first-order chi connectivity index (χ1) is 9.61. The number of ether oxygens (including phenoxy) is 1. The van der Waals surface area contributed by atoms with Crippen LogP contribution in [0.15, 0.2) is 30.3 Å². The Balaban J connectivity index is 1.98. The molecule has 1 aliphatic heterocycles. The standard InChI is InChI=1S/C16H19ClN2O/c1-3-16(2)11-19(8-9-20-16)14-10-12-6-4-5-7-13(12)15(17)18-14/h4-7,10H,3,8-9,11H2,1-2H3. The molecule has 2 aromatic rings. The van der Waals surface area contributed by atoms with Gasteiger partial charge in [-0.05, 0) is 24.8 Å². The van der Waals surface area contributed by atoms with Crippen LogP contribution in [0.5, 0.6) is 0 Å². The number of aromatic nitrogens is 1. The second kappa shape index (κ2) is 5.23. The Morgan fingerprint density at radius 1 is 1.40 bits per heavy atom. The maximum atomic E-state index is 6.32. The number of halogens is 1. The number of benzene rings is 1. The highest BCUT2D eigenvalue weighted by Gasteiger charge is 2.31. The van der Waals surface area contributed by atoms with Gasteiger partial charge in [0.2, 0.25) is 0 Å². The molecule has 0 radical (unpaired) electrons. The van der Waals surface area contributed by atoms with Crippen molar-refractivity contribution in [1.29, 1.82) is 0 Å². The SMILES string of the molecule is CCC1(C)CN(c2cc3ccccc3c(Cl)n2)CCO1. The Labute approximate surface area is 124 Å². The van der Waals surface area contributed by atoms with E-state index in [4.69, 9.17) is 16.3 Å². The van der Waals surface area contributed by atoms with Crippen molar-refractivity contribution in [2.24, 2.45) is 0 Å². The summed E-state index contributed by atoms with van der Waals surface area (Å²) in [5.74, 6) is 0.941. The van der Waals surface area contributed by atoms with E-state index < -0.39 is 0 Å². The van der Waals surface area contributed by atoms with E-state index in [9.17, 15) is 0 Å². The lowest BCUT2D eigenvalue weighted by Crippen LogP contribution is -2.50. The Kier molecular flexibility index (Phi) is 3.57. The van der Waals surface area contributed by atoms with E-state index in [0.29, 0.717) is 5.15 Å². The van der Waals surface area contributed by atoms with Crippen LogP contribution in [0.4, 0.5) is 5.82 Å². The third-order valence-electron chi connectivity index (χ3n) is 4.09. The topological polar surface area (TPSA) is 25.4 Å². The minimum absolute atomic E-state index is 0.0992. The summed E-state index contributed by atoms with van der Waals surface area (Å²) in [6, 6.07) is 10.2. The second-order valence-corrected chi connectivity index (χ2v) is 5.92. The second-order valence-electron chi connectivity index (χ2n) is 5.57. The van der Waals surface area contributed by atoms with Crippen LogP contribution in [0.3, 0.4) is 0 Å². The van der Waals surface area contributed by atoms with Crippen LogP contribution in [-0.2, 0) is 4.74 Å². The van der Waals surface area contributed by atoms with Crippen molar-refractivity contribution < 1.29 is 4.74 Å². The van der Waals surface area contributed by atoms with E-state index in [2.05, 4.69) is 35.9 Å². The van der Waals surface area contributed by atoms with Gasteiger partial charge in [0, 0.05) is 18.5 Å². The average molecular weight is 291 g/mol. The lowest BCUT2D eigenvalue weighted by atomic mass is 10.0. The van der Waals surface area contributed by atoms with E-state index in [1.807, 2.05) is 18.2 Å². The maximum absolute atomic E-state index is 6.32. The Morgan fingerprint density at radius 2 is 2.20 bits per heavy atom. The molecular formula is C16H19ClN2O. The van der Waals surface area contributed by atoms with E-state index >= 15 is 0 Å². The number of anilines is 1. The van der Waals surface area contributed by atoms with Crippen LogP contribution in [-0.4, -0.2) is 30.3 Å². The fourth-order valence-corrected chi connectivity index (χ4v) is 2.90. The van der Waals surface area contributed by atoms with Crippen LogP contribution in [0.1, 0.15) is 20.3 Å². The van der Waals surface area contributed by atoms with Gasteiger partial charge < -0.3 is 9.64 Å². The van der Waals surface area contributed by atoms with E-state index in [1.165, 1.54) is 0 Å². The molecule has 1 fully saturated rings. The van der Waals surface area contributed by atoms with Gasteiger partial charge in [-0.3, -0.25) is 0 Å². The molecule has 0 aliphatic carbocycles. The van der Waals surface area contributed by atoms with Crippen LogP contribution in [0.25, 0.3) is 10.8 Å². The zero-order chi connectivity index (χ0) is 14.2. The number of pyridine rings is 1. The van der Waals surface area contributed by atoms with Crippen LogP contribution >= 0.6 is 11.6 Å².